The Hall–Kier alpha value is -2.09. The number of carbonyl (C=O) groups excluding carboxylic acids is 3. The molecule has 0 aromatic heterocycles. The van der Waals surface area contributed by atoms with E-state index in [1.807, 2.05) is 13.8 Å². The summed E-state index contributed by atoms with van der Waals surface area (Å²) in [6.45, 7) is 9.04. The molecular formula is C20H30BrN3O4. The Bertz CT molecular complexity index is 684. The summed E-state index contributed by atoms with van der Waals surface area (Å²) in [5.74, 6) is -0.659. The van der Waals surface area contributed by atoms with Crippen molar-refractivity contribution in [2.45, 2.75) is 52.7 Å². The van der Waals surface area contributed by atoms with Gasteiger partial charge in [-0.05, 0) is 57.4 Å². The third-order valence-corrected chi connectivity index (χ3v) is 4.10. The van der Waals surface area contributed by atoms with Gasteiger partial charge in [-0.15, -0.1) is 0 Å². The molecule has 7 nitrogen and oxygen atoms in total. The molecule has 0 radical (unpaired) electrons. The fourth-order valence-electron chi connectivity index (χ4n) is 2.46. The van der Waals surface area contributed by atoms with Crippen LogP contribution in [0.5, 0.6) is 0 Å². The first-order valence-electron chi connectivity index (χ1n) is 9.17. The second-order valence-electron chi connectivity index (χ2n) is 8.07. The third-order valence-electron chi connectivity index (χ3n) is 3.58. The molecule has 2 N–H and O–H groups in total. The molecule has 1 aromatic rings. The van der Waals surface area contributed by atoms with E-state index in [0.717, 1.165) is 4.47 Å². The van der Waals surface area contributed by atoms with Crippen LogP contribution in [0.25, 0.3) is 0 Å². The first-order valence-corrected chi connectivity index (χ1v) is 9.96. The van der Waals surface area contributed by atoms with Gasteiger partial charge in [0.2, 0.25) is 5.91 Å². The average Bonchev–Trinajstić information content (AvgIpc) is 2.53. The van der Waals surface area contributed by atoms with Crippen molar-refractivity contribution in [3.63, 3.8) is 0 Å². The summed E-state index contributed by atoms with van der Waals surface area (Å²) in [4.78, 5) is 38.4. The van der Waals surface area contributed by atoms with Crippen molar-refractivity contribution in [1.29, 1.82) is 0 Å². The highest BCUT2D eigenvalue weighted by Crippen LogP contribution is 2.14. The van der Waals surface area contributed by atoms with Crippen molar-refractivity contribution in [2.24, 2.45) is 5.92 Å². The minimum absolute atomic E-state index is 0.178. The molecule has 0 saturated heterocycles. The number of anilines is 1. The number of amides is 3. The number of likely N-dealkylation sites (N-methyl/N-ethyl adjacent to an activating group) is 1. The van der Waals surface area contributed by atoms with E-state index < -0.39 is 23.6 Å². The number of nitrogens with one attached hydrogen (secondary N) is 2. The van der Waals surface area contributed by atoms with Gasteiger partial charge < -0.3 is 20.3 Å². The number of esters is 1. The Morgan fingerprint density at radius 2 is 1.71 bits per heavy atom. The van der Waals surface area contributed by atoms with E-state index in [-0.39, 0.29) is 18.4 Å². The van der Waals surface area contributed by atoms with Gasteiger partial charge in [-0.2, -0.15) is 0 Å². The van der Waals surface area contributed by atoms with Crippen molar-refractivity contribution >= 4 is 39.5 Å². The number of benzene rings is 1. The number of rotatable bonds is 7. The fraction of sp³-hybridized carbons (Fsp3) is 0.550. The van der Waals surface area contributed by atoms with Crippen LogP contribution in [-0.2, 0) is 14.3 Å². The first kappa shape index (κ1) is 23.9. The summed E-state index contributed by atoms with van der Waals surface area (Å²) in [5, 5.41) is 5.41. The molecule has 156 valence electrons. The molecule has 1 aromatic carbocycles. The van der Waals surface area contributed by atoms with Crippen LogP contribution < -0.4 is 10.6 Å². The van der Waals surface area contributed by atoms with Crippen molar-refractivity contribution in [1.82, 2.24) is 10.2 Å². The van der Waals surface area contributed by atoms with Crippen molar-refractivity contribution in [3.05, 3.63) is 28.7 Å². The summed E-state index contributed by atoms with van der Waals surface area (Å²) in [6, 6.07) is 5.88. The maximum absolute atomic E-state index is 12.8. The Morgan fingerprint density at radius 3 is 2.21 bits per heavy atom. The molecule has 8 heteroatoms. The standard InChI is InChI=1S/C20H30BrN3O4/c1-13(2)11-16(18(26)24(6)12-17(25)28-20(3,4)5)23-19(27)22-15-9-7-14(21)8-10-15/h7-10,13,16H,11-12H2,1-6H3,(H2,22,23,27). The van der Waals surface area contributed by atoms with E-state index in [2.05, 4.69) is 26.6 Å². The van der Waals surface area contributed by atoms with Gasteiger partial charge >= 0.3 is 12.0 Å². The van der Waals surface area contributed by atoms with Gasteiger partial charge in [-0.3, -0.25) is 9.59 Å². The third kappa shape index (κ3) is 9.21. The van der Waals surface area contributed by atoms with Gasteiger partial charge in [0.25, 0.3) is 0 Å². The van der Waals surface area contributed by atoms with Crippen LogP contribution >= 0.6 is 15.9 Å². The van der Waals surface area contributed by atoms with Gasteiger partial charge in [0.1, 0.15) is 18.2 Å². The second-order valence-corrected chi connectivity index (χ2v) is 8.98. The minimum Gasteiger partial charge on any atom is -0.459 e. The molecule has 1 unspecified atom stereocenters. The maximum Gasteiger partial charge on any atom is 0.326 e. The number of carbonyl (C=O) groups is 3. The normalized spacial score (nSPS) is 12.3. The quantitative estimate of drug-likeness (QED) is 0.612. The zero-order valence-corrected chi connectivity index (χ0v) is 18.9. The van der Waals surface area contributed by atoms with Gasteiger partial charge in [0.05, 0.1) is 0 Å². The van der Waals surface area contributed by atoms with Crippen LogP contribution in [0, 0.1) is 5.92 Å². The highest BCUT2D eigenvalue weighted by molar-refractivity contribution is 9.10. The SMILES string of the molecule is CC(C)CC(NC(=O)Nc1ccc(Br)cc1)C(=O)N(C)CC(=O)OC(C)(C)C. The van der Waals surface area contributed by atoms with E-state index in [0.29, 0.717) is 12.1 Å². The molecule has 1 rings (SSSR count). The largest absolute Gasteiger partial charge is 0.459 e. The molecule has 3 amide bonds. The Labute approximate surface area is 175 Å². The Balaban J connectivity index is 2.74. The van der Waals surface area contributed by atoms with Crippen LogP contribution in [0.2, 0.25) is 0 Å². The number of nitrogens with zero attached hydrogens (tertiary/aromatic N) is 1. The van der Waals surface area contributed by atoms with E-state index in [1.165, 1.54) is 11.9 Å². The van der Waals surface area contributed by atoms with Crippen LogP contribution in [0.3, 0.4) is 0 Å². The molecule has 0 heterocycles. The van der Waals surface area contributed by atoms with E-state index in [4.69, 9.17) is 4.74 Å². The molecule has 0 aliphatic carbocycles. The lowest BCUT2D eigenvalue weighted by Gasteiger charge is -2.27. The predicted molar refractivity (Wildman–Crippen MR) is 113 cm³/mol. The highest BCUT2D eigenvalue weighted by Gasteiger charge is 2.27. The topological polar surface area (TPSA) is 87.7 Å². The number of ether oxygens (including phenoxy) is 1. The van der Waals surface area contributed by atoms with Gasteiger partial charge in [-0.1, -0.05) is 29.8 Å². The lowest BCUT2D eigenvalue weighted by atomic mass is 10.0. The van der Waals surface area contributed by atoms with Gasteiger partial charge in [0.15, 0.2) is 0 Å². The molecule has 0 fully saturated rings. The number of hydrogen-bond acceptors (Lipinski definition) is 4. The van der Waals surface area contributed by atoms with E-state index >= 15 is 0 Å². The van der Waals surface area contributed by atoms with E-state index in [1.54, 1.807) is 45.0 Å². The average molecular weight is 456 g/mol. The lowest BCUT2D eigenvalue weighted by Crippen LogP contribution is -2.50. The van der Waals surface area contributed by atoms with Crippen LogP contribution in [0.15, 0.2) is 28.7 Å². The Morgan fingerprint density at radius 1 is 1.14 bits per heavy atom. The second kappa shape index (κ2) is 10.5. The monoisotopic (exact) mass is 455 g/mol. The summed E-state index contributed by atoms with van der Waals surface area (Å²) >= 11 is 3.34. The molecule has 0 aliphatic rings. The number of halogens is 1. The Kier molecular flexibility index (Phi) is 8.94. The summed E-state index contributed by atoms with van der Waals surface area (Å²) in [5.41, 5.74) is -0.0141. The number of urea groups is 1. The fourth-order valence-corrected chi connectivity index (χ4v) is 2.73. The number of hydrogen-bond donors (Lipinski definition) is 2. The maximum atomic E-state index is 12.8. The predicted octanol–water partition coefficient (Wildman–Crippen LogP) is 3.79. The zero-order chi connectivity index (χ0) is 21.5. The van der Waals surface area contributed by atoms with Gasteiger partial charge in [0, 0.05) is 17.2 Å². The summed E-state index contributed by atoms with van der Waals surface area (Å²) in [6.07, 6.45) is 0.450. The molecule has 0 spiro atoms. The highest BCUT2D eigenvalue weighted by atomic mass is 79.9. The van der Waals surface area contributed by atoms with Crippen molar-refractivity contribution in [3.8, 4) is 0 Å². The molecule has 28 heavy (non-hydrogen) atoms. The molecule has 0 bridgehead atoms. The molecule has 1 atom stereocenters. The molecular weight excluding hydrogens is 426 g/mol. The van der Waals surface area contributed by atoms with Crippen LogP contribution in [-0.4, -0.2) is 48.0 Å². The minimum atomic E-state index is -0.747. The first-order chi connectivity index (χ1) is 12.9. The van der Waals surface area contributed by atoms with Crippen molar-refractivity contribution in [2.75, 3.05) is 18.9 Å². The van der Waals surface area contributed by atoms with Crippen molar-refractivity contribution < 1.29 is 19.1 Å². The smallest absolute Gasteiger partial charge is 0.326 e. The van der Waals surface area contributed by atoms with Crippen LogP contribution in [0.4, 0.5) is 10.5 Å². The summed E-state index contributed by atoms with van der Waals surface area (Å²) < 4.78 is 6.15. The van der Waals surface area contributed by atoms with Gasteiger partial charge in [-0.25, -0.2) is 4.79 Å². The lowest BCUT2D eigenvalue weighted by molar-refractivity contribution is -0.158. The molecule has 0 saturated carbocycles. The van der Waals surface area contributed by atoms with Crippen LogP contribution in [0.1, 0.15) is 41.0 Å². The molecule has 0 aliphatic heterocycles. The zero-order valence-electron chi connectivity index (χ0n) is 17.3. The summed E-state index contributed by atoms with van der Waals surface area (Å²) in [7, 11) is 1.52. The van der Waals surface area contributed by atoms with E-state index in [9.17, 15) is 14.4 Å².